The van der Waals surface area contributed by atoms with Crippen LogP contribution in [0.25, 0.3) is 22.3 Å². The molecular formula is C22H21N5O2. The summed E-state index contributed by atoms with van der Waals surface area (Å²) in [4.78, 5) is 28.3. The summed E-state index contributed by atoms with van der Waals surface area (Å²) in [5.74, 6) is 0.388. The summed E-state index contributed by atoms with van der Waals surface area (Å²) in [5.41, 5.74) is 6.05. The summed E-state index contributed by atoms with van der Waals surface area (Å²) >= 11 is 0. The van der Waals surface area contributed by atoms with Crippen molar-refractivity contribution < 1.29 is 9.53 Å². The zero-order valence-electron chi connectivity index (χ0n) is 16.5. The van der Waals surface area contributed by atoms with Crippen LogP contribution in [-0.4, -0.2) is 33.0 Å². The van der Waals surface area contributed by atoms with Crippen LogP contribution in [0.5, 0.6) is 5.88 Å². The summed E-state index contributed by atoms with van der Waals surface area (Å²) in [5, 5.41) is 4.03. The summed E-state index contributed by atoms with van der Waals surface area (Å²) in [7, 11) is 1.60. The number of benzene rings is 1. The van der Waals surface area contributed by atoms with Crippen molar-refractivity contribution in [1.29, 1.82) is 0 Å². The van der Waals surface area contributed by atoms with Gasteiger partial charge in [-0.2, -0.15) is 0 Å². The average Bonchev–Trinajstić information content (AvgIpc) is 3.08. The van der Waals surface area contributed by atoms with Crippen LogP contribution >= 0.6 is 0 Å². The minimum Gasteiger partial charge on any atom is -0.481 e. The van der Waals surface area contributed by atoms with E-state index in [9.17, 15) is 4.79 Å². The van der Waals surface area contributed by atoms with E-state index in [2.05, 4.69) is 38.2 Å². The highest BCUT2D eigenvalue weighted by Crippen LogP contribution is 2.30. The molecule has 146 valence electrons. The van der Waals surface area contributed by atoms with Gasteiger partial charge in [0.25, 0.3) is 5.91 Å². The van der Waals surface area contributed by atoms with Gasteiger partial charge >= 0.3 is 0 Å². The van der Waals surface area contributed by atoms with E-state index in [1.54, 1.807) is 14.0 Å². The van der Waals surface area contributed by atoms with Crippen molar-refractivity contribution in [3.8, 4) is 17.3 Å². The third-order valence-electron chi connectivity index (χ3n) is 4.92. The number of hydrogen-bond donors (Lipinski definition) is 2. The first-order valence-corrected chi connectivity index (χ1v) is 9.24. The maximum atomic E-state index is 12.4. The van der Waals surface area contributed by atoms with Crippen LogP contribution in [-0.2, 0) is 6.54 Å². The Bertz CT molecular complexity index is 1200. The first-order chi connectivity index (χ1) is 14.1. The number of amides is 1. The third-order valence-corrected chi connectivity index (χ3v) is 4.92. The molecule has 3 heterocycles. The molecule has 29 heavy (non-hydrogen) atoms. The smallest absolute Gasteiger partial charge is 0.254 e. The minimum absolute atomic E-state index is 0.185. The predicted octanol–water partition coefficient (Wildman–Crippen LogP) is 3.58. The maximum absolute atomic E-state index is 12.4. The number of rotatable bonds is 5. The van der Waals surface area contributed by atoms with E-state index in [1.165, 1.54) is 12.5 Å². The van der Waals surface area contributed by atoms with Gasteiger partial charge in [-0.25, -0.2) is 15.0 Å². The topological polar surface area (TPSA) is 92.8 Å². The lowest BCUT2D eigenvalue weighted by atomic mass is 10.1. The Morgan fingerprint density at radius 1 is 1.21 bits per heavy atom. The van der Waals surface area contributed by atoms with Gasteiger partial charge in [0.15, 0.2) is 0 Å². The highest BCUT2D eigenvalue weighted by Gasteiger charge is 2.13. The molecular weight excluding hydrogens is 366 g/mol. The molecule has 0 saturated heterocycles. The van der Waals surface area contributed by atoms with Gasteiger partial charge < -0.3 is 15.0 Å². The Balaban J connectivity index is 1.59. The van der Waals surface area contributed by atoms with Crippen LogP contribution < -0.4 is 10.1 Å². The highest BCUT2D eigenvalue weighted by atomic mass is 16.5. The summed E-state index contributed by atoms with van der Waals surface area (Å²) in [6.45, 7) is 4.27. The van der Waals surface area contributed by atoms with Crippen LogP contribution in [0, 0.1) is 13.8 Å². The molecule has 2 N–H and O–H groups in total. The van der Waals surface area contributed by atoms with E-state index in [4.69, 9.17) is 4.74 Å². The van der Waals surface area contributed by atoms with Gasteiger partial charge in [0.1, 0.15) is 6.33 Å². The molecule has 0 spiro atoms. The normalized spacial score (nSPS) is 10.9. The lowest BCUT2D eigenvalue weighted by Crippen LogP contribution is -2.24. The van der Waals surface area contributed by atoms with Crippen molar-refractivity contribution in [2.75, 3.05) is 7.11 Å². The SMILES string of the molecule is COc1cccc(-c2[nH]c3ccc(CNC(=O)c4cncnc4C)cc3c2C)n1. The van der Waals surface area contributed by atoms with Crippen LogP contribution in [0.2, 0.25) is 0 Å². The summed E-state index contributed by atoms with van der Waals surface area (Å²) < 4.78 is 5.23. The van der Waals surface area contributed by atoms with Crippen molar-refractivity contribution in [3.05, 3.63) is 71.3 Å². The number of aryl methyl sites for hydroxylation is 2. The number of hydrogen-bond acceptors (Lipinski definition) is 5. The van der Waals surface area contributed by atoms with Gasteiger partial charge in [0.2, 0.25) is 5.88 Å². The monoisotopic (exact) mass is 387 g/mol. The second-order valence-corrected chi connectivity index (χ2v) is 6.77. The number of methoxy groups -OCH3 is 1. The number of pyridine rings is 1. The molecule has 0 unspecified atom stereocenters. The Hall–Kier alpha value is -3.74. The number of nitrogens with one attached hydrogen (secondary N) is 2. The van der Waals surface area contributed by atoms with Crippen molar-refractivity contribution in [1.82, 2.24) is 25.3 Å². The Kier molecular flexibility index (Phi) is 4.95. The number of nitrogens with zero attached hydrogens (tertiary/aromatic N) is 3. The van der Waals surface area contributed by atoms with Gasteiger partial charge in [-0.3, -0.25) is 4.79 Å². The van der Waals surface area contributed by atoms with E-state index in [-0.39, 0.29) is 5.91 Å². The third kappa shape index (κ3) is 3.67. The number of carbonyl (C=O) groups excluding carboxylic acids is 1. The average molecular weight is 387 g/mol. The standard InChI is InChI=1S/C22H21N5O2/c1-13-16-9-15(10-24-22(28)17-11-23-12-25-14(17)2)7-8-18(16)27-21(13)19-5-4-6-20(26-19)29-3/h4-9,11-12,27H,10H2,1-3H3,(H,24,28). The lowest BCUT2D eigenvalue weighted by Gasteiger charge is -2.07. The number of ether oxygens (including phenoxy) is 1. The number of H-pyrrole nitrogens is 1. The molecule has 0 aliphatic heterocycles. The molecule has 0 atom stereocenters. The molecule has 7 nitrogen and oxygen atoms in total. The molecule has 0 aliphatic carbocycles. The number of fused-ring (bicyclic) bond motifs is 1. The van der Waals surface area contributed by atoms with E-state index in [0.717, 1.165) is 33.4 Å². The van der Waals surface area contributed by atoms with Crippen LogP contribution in [0.15, 0.2) is 48.9 Å². The second kappa shape index (κ2) is 7.71. The molecule has 1 amide bonds. The molecule has 1 aromatic carbocycles. The van der Waals surface area contributed by atoms with Gasteiger partial charge in [-0.15, -0.1) is 0 Å². The van der Waals surface area contributed by atoms with Gasteiger partial charge in [0.05, 0.1) is 29.8 Å². The molecule has 0 radical (unpaired) electrons. The minimum atomic E-state index is -0.185. The fourth-order valence-electron chi connectivity index (χ4n) is 3.30. The molecule has 4 aromatic rings. The van der Waals surface area contributed by atoms with E-state index >= 15 is 0 Å². The van der Waals surface area contributed by atoms with Gasteiger partial charge in [-0.1, -0.05) is 12.1 Å². The zero-order chi connectivity index (χ0) is 20.4. The van der Waals surface area contributed by atoms with Gasteiger partial charge in [-0.05, 0) is 43.2 Å². The zero-order valence-corrected chi connectivity index (χ0v) is 16.5. The second-order valence-electron chi connectivity index (χ2n) is 6.77. The molecule has 0 aliphatic rings. The van der Waals surface area contributed by atoms with E-state index in [0.29, 0.717) is 23.7 Å². The number of aromatic amines is 1. The molecule has 0 saturated carbocycles. The first kappa shape index (κ1) is 18.6. The number of aromatic nitrogens is 4. The van der Waals surface area contributed by atoms with Gasteiger partial charge in [0, 0.05) is 29.7 Å². The fraction of sp³-hybridized carbons (Fsp3) is 0.182. The van der Waals surface area contributed by atoms with Crippen molar-refractivity contribution in [3.63, 3.8) is 0 Å². The fourth-order valence-corrected chi connectivity index (χ4v) is 3.30. The Morgan fingerprint density at radius 2 is 2.07 bits per heavy atom. The molecule has 0 fully saturated rings. The molecule has 4 rings (SSSR count). The Labute approximate surface area is 168 Å². The molecule has 3 aromatic heterocycles. The summed E-state index contributed by atoms with van der Waals surface area (Å²) in [6, 6.07) is 11.8. The van der Waals surface area contributed by atoms with E-state index in [1.807, 2.05) is 30.3 Å². The molecule has 7 heteroatoms. The predicted molar refractivity (Wildman–Crippen MR) is 111 cm³/mol. The Morgan fingerprint density at radius 3 is 2.86 bits per heavy atom. The van der Waals surface area contributed by atoms with Crippen LogP contribution in [0.3, 0.4) is 0 Å². The summed E-state index contributed by atoms with van der Waals surface area (Å²) in [6.07, 6.45) is 2.97. The van der Waals surface area contributed by atoms with Crippen molar-refractivity contribution in [2.45, 2.75) is 20.4 Å². The van der Waals surface area contributed by atoms with Crippen molar-refractivity contribution >= 4 is 16.8 Å². The van der Waals surface area contributed by atoms with Crippen LogP contribution in [0.1, 0.15) is 27.2 Å². The van der Waals surface area contributed by atoms with Crippen LogP contribution in [0.4, 0.5) is 0 Å². The van der Waals surface area contributed by atoms with Crippen molar-refractivity contribution in [2.24, 2.45) is 0 Å². The maximum Gasteiger partial charge on any atom is 0.254 e. The quantitative estimate of drug-likeness (QED) is 0.546. The first-order valence-electron chi connectivity index (χ1n) is 9.24. The molecule has 0 bridgehead atoms. The van der Waals surface area contributed by atoms with E-state index < -0.39 is 0 Å². The number of carbonyl (C=O) groups is 1. The lowest BCUT2D eigenvalue weighted by molar-refractivity contribution is 0.0949. The largest absolute Gasteiger partial charge is 0.481 e. The highest BCUT2D eigenvalue weighted by molar-refractivity contribution is 5.95.